The van der Waals surface area contributed by atoms with Crippen LogP contribution in [-0.2, 0) is 11.2 Å². The molecule has 140 valence electrons. The molecule has 3 heterocycles. The number of anilines is 1. The maximum Gasteiger partial charge on any atom is 0.140 e. The highest BCUT2D eigenvalue weighted by atomic mass is 79.9. The zero-order valence-corrected chi connectivity index (χ0v) is 17.9. The van der Waals surface area contributed by atoms with Crippen LogP contribution >= 0.6 is 31.9 Å². The smallest absolute Gasteiger partial charge is 0.140 e. The molecule has 0 bridgehead atoms. The van der Waals surface area contributed by atoms with Gasteiger partial charge in [0.05, 0.1) is 35.5 Å². The van der Waals surface area contributed by atoms with Gasteiger partial charge in [-0.05, 0) is 31.9 Å². The van der Waals surface area contributed by atoms with Crippen molar-refractivity contribution in [1.29, 1.82) is 0 Å². The van der Waals surface area contributed by atoms with Crippen molar-refractivity contribution >= 4 is 43.3 Å². The Hall–Kier alpha value is -1.84. The van der Waals surface area contributed by atoms with E-state index in [4.69, 9.17) is 19.9 Å². The van der Waals surface area contributed by atoms with E-state index in [0.717, 1.165) is 32.5 Å². The fourth-order valence-electron chi connectivity index (χ4n) is 2.12. The molecular formula is C17H20Br2N4O3. The first-order valence-corrected chi connectivity index (χ1v) is 9.22. The predicted molar refractivity (Wildman–Crippen MR) is 108 cm³/mol. The number of ether oxygens (including phenoxy) is 3. The Labute approximate surface area is 168 Å². The van der Waals surface area contributed by atoms with E-state index in [9.17, 15) is 0 Å². The van der Waals surface area contributed by atoms with E-state index in [1.54, 1.807) is 33.6 Å². The maximum absolute atomic E-state index is 5.39. The van der Waals surface area contributed by atoms with Gasteiger partial charge in [-0.25, -0.2) is 9.97 Å². The van der Waals surface area contributed by atoms with Crippen LogP contribution in [0.25, 0.3) is 5.65 Å². The summed E-state index contributed by atoms with van der Waals surface area (Å²) >= 11 is 6.69. The van der Waals surface area contributed by atoms with Gasteiger partial charge >= 0.3 is 0 Å². The molecule has 0 radical (unpaired) electrons. The summed E-state index contributed by atoms with van der Waals surface area (Å²) in [7, 11) is 4.92. The standard InChI is InChI=1S/C11H13BrN2O2.C6H7BrN2O/c1-15-4-3-8-6-14-7-9(12)10(16-2)5-11(14)13-8;1-10-5-2-6(8)9-3-4(5)7/h5-7H,3-4H2,1-2H3;2-3H,1H3,(H2,8,9). The van der Waals surface area contributed by atoms with Crippen LogP contribution in [0.3, 0.4) is 0 Å². The quantitative estimate of drug-likeness (QED) is 0.590. The summed E-state index contributed by atoms with van der Waals surface area (Å²) in [6.07, 6.45) is 6.36. The Balaban J connectivity index is 0.000000209. The number of imidazole rings is 1. The molecule has 9 heteroatoms. The lowest BCUT2D eigenvalue weighted by atomic mass is 10.3. The Morgan fingerprint density at radius 1 is 1.04 bits per heavy atom. The third-order valence-electron chi connectivity index (χ3n) is 3.40. The molecular weight excluding hydrogens is 468 g/mol. The van der Waals surface area contributed by atoms with Gasteiger partial charge in [0.25, 0.3) is 0 Å². The van der Waals surface area contributed by atoms with Gasteiger partial charge in [-0.15, -0.1) is 0 Å². The van der Waals surface area contributed by atoms with E-state index in [2.05, 4.69) is 41.8 Å². The number of halogens is 2. The van der Waals surface area contributed by atoms with E-state index in [1.807, 2.05) is 22.9 Å². The first-order valence-electron chi connectivity index (χ1n) is 7.63. The highest BCUT2D eigenvalue weighted by molar-refractivity contribution is 9.10. The molecule has 0 aliphatic rings. The van der Waals surface area contributed by atoms with Crippen LogP contribution in [0.15, 0.2) is 39.7 Å². The first kappa shape index (κ1) is 20.5. The van der Waals surface area contributed by atoms with Gasteiger partial charge < -0.3 is 24.3 Å². The molecule has 3 rings (SSSR count). The molecule has 0 aliphatic heterocycles. The van der Waals surface area contributed by atoms with Gasteiger partial charge in [0.2, 0.25) is 0 Å². The van der Waals surface area contributed by atoms with Gasteiger partial charge in [-0.1, -0.05) is 0 Å². The van der Waals surface area contributed by atoms with Crippen molar-refractivity contribution in [3.05, 3.63) is 45.4 Å². The van der Waals surface area contributed by atoms with Crippen LogP contribution in [0.4, 0.5) is 5.82 Å². The fraction of sp³-hybridized carbons (Fsp3) is 0.294. The largest absolute Gasteiger partial charge is 0.495 e. The van der Waals surface area contributed by atoms with E-state index in [-0.39, 0.29) is 0 Å². The molecule has 26 heavy (non-hydrogen) atoms. The van der Waals surface area contributed by atoms with Crippen molar-refractivity contribution in [2.75, 3.05) is 33.7 Å². The molecule has 0 spiro atoms. The lowest BCUT2D eigenvalue weighted by Gasteiger charge is -2.02. The zero-order valence-electron chi connectivity index (χ0n) is 14.7. The maximum atomic E-state index is 5.39. The summed E-state index contributed by atoms with van der Waals surface area (Å²) in [5, 5.41) is 0. The first-order chi connectivity index (χ1) is 12.5. The average Bonchev–Trinajstić information content (AvgIpc) is 3.03. The Bertz CT molecular complexity index is 871. The molecule has 0 unspecified atom stereocenters. The minimum atomic E-state index is 0.458. The SMILES string of the molecule is COCCc1cn2cc(Br)c(OC)cc2n1.COc1cc(N)ncc1Br. The van der Waals surface area contributed by atoms with Crippen molar-refractivity contribution in [2.24, 2.45) is 0 Å². The topological polar surface area (TPSA) is 83.9 Å². The summed E-state index contributed by atoms with van der Waals surface area (Å²) < 4.78 is 18.9. The third-order valence-corrected chi connectivity index (χ3v) is 4.59. The Morgan fingerprint density at radius 2 is 1.73 bits per heavy atom. The summed E-state index contributed by atoms with van der Waals surface area (Å²) in [5.74, 6) is 1.95. The Kier molecular flexibility index (Phi) is 7.67. The van der Waals surface area contributed by atoms with Crippen molar-refractivity contribution < 1.29 is 14.2 Å². The normalized spacial score (nSPS) is 10.3. The molecule has 7 nitrogen and oxygen atoms in total. The van der Waals surface area contributed by atoms with Gasteiger partial charge in [-0.3, -0.25) is 0 Å². The monoisotopic (exact) mass is 486 g/mol. The second-order valence-corrected chi connectivity index (χ2v) is 6.88. The molecule has 0 amide bonds. The van der Waals surface area contributed by atoms with E-state index in [1.165, 1.54) is 0 Å². The average molecular weight is 488 g/mol. The molecule has 0 aliphatic carbocycles. The van der Waals surface area contributed by atoms with E-state index < -0.39 is 0 Å². The molecule has 3 aromatic rings. The predicted octanol–water partition coefficient (Wildman–Crippen LogP) is 3.73. The van der Waals surface area contributed by atoms with E-state index >= 15 is 0 Å². The minimum Gasteiger partial charge on any atom is -0.495 e. The highest BCUT2D eigenvalue weighted by Crippen LogP contribution is 2.26. The van der Waals surface area contributed by atoms with Gasteiger partial charge in [0, 0.05) is 44.3 Å². The molecule has 0 saturated carbocycles. The lowest BCUT2D eigenvalue weighted by Crippen LogP contribution is -1.93. The molecule has 0 aromatic carbocycles. The Morgan fingerprint density at radius 3 is 2.35 bits per heavy atom. The fourth-order valence-corrected chi connectivity index (χ4v) is 2.99. The minimum absolute atomic E-state index is 0.458. The summed E-state index contributed by atoms with van der Waals surface area (Å²) in [5.41, 5.74) is 7.29. The second-order valence-electron chi connectivity index (χ2n) is 5.17. The highest BCUT2D eigenvalue weighted by Gasteiger charge is 2.06. The number of nitrogen functional groups attached to an aromatic ring is 1. The molecule has 0 saturated heterocycles. The van der Waals surface area contributed by atoms with Crippen LogP contribution in [0.2, 0.25) is 0 Å². The van der Waals surface area contributed by atoms with Crippen molar-refractivity contribution in [2.45, 2.75) is 6.42 Å². The van der Waals surface area contributed by atoms with Crippen molar-refractivity contribution in [3.8, 4) is 11.5 Å². The molecule has 0 atom stereocenters. The number of hydrogen-bond donors (Lipinski definition) is 1. The number of methoxy groups -OCH3 is 3. The van der Waals surface area contributed by atoms with Crippen LogP contribution < -0.4 is 15.2 Å². The van der Waals surface area contributed by atoms with Gasteiger partial charge in [0.1, 0.15) is 23.0 Å². The zero-order chi connectivity index (χ0) is 19.1. The number of hydrogen-bond acceptors (Lipinski definition) is 6. The molecule has 3 aromatic heterocycles. The van der Waals surface area contributed by atoms with Gasteiger partial charge in [-0.2, -0.15) is 0 Å². The molecule has 0 fully saturated rings. The van der Waals surface area contributed by atoms with Crippen molar-refractivity contribution in [3.63, 3.8) is 0 Å². The number of nitrogens with two attached hydrogens (primary N) is 1. The number of pyridine rings is 2. The lowest BCUT2D eigenvalue weighted by molar-refractivity contribution is 0.201. The molecule has 2 N–H and O–H groups in total. The van der Waals surface area contributed by atoms with Crippen LogP contribution in [0, 0.1) is 0 Å². The number of fused-ring (bicyclic) bond motifs is 1. The second kappa shape index (κ2) is 9.75. The summed E-state index contributed by atoms with van der Waals surface area (Å²) in [6, 6.07) is 3.56. The summed E-state index contributed by atoms with van der Waals surface area (Å²) in [4.78, 5) is 8.32. The van der Waals surface area contributed by atoms with E-state index in [0.29, 0.717) is 18.2 Å². The number of aromatic nitrogens is 3. The van der Waals surface area contributed by atoms with Crippen LogP contribution in [0.5, 0.6) is 11.5 Å². The number of nitrogens with zero attached hydrogens (tertiary/aromatic N) is 3. The number of rotatable bonds is 5. The van der Waals surface area contributed by atoms with Crippen LogP contribution in [0.1, 0.15) is 5.69 Å². The third kappa shape index (κ3) is 5.33. The van der Waals surface area contributed by atoms with Crippen LogP contribution in [-0.4, -0.2) is 42.3 Å². The summed E-state index contributed by atoms with van der Waals surface area (Å²) in [6.45, 7) is 0.683. The van der Waals surface area contributed by atoms with Gasteiger partial charge in [0.15, 0.2) is 0 Å². The van der Waals surface area contributed by atoms with Crippen molar-refractivity contribution in [1.82, 2.24) is 14.4 Å².